The van der Waals surface area contributed by atoms with Crippen molar-refractivity contribution in [2.24, 2.45) is 0 Å². The van der Waals surface area contributed by atoms with Gasteiger partial charge in [0.1, 0.15) is 19.0 Å². The zero-order chi connectivity index (χ0) is 19.3. The first-order chi connectivity index (χ1) is 11.4. The maximum absolute atomic E-state index is 12.1. The number of carbonyl (C=O) groups excluding carboxylic acids is 2. The van der Waals surface area contributed by atoms with E-state index in [9.17, 15) is 9.59 Å². The highest BCUT2D eigenvalue weighted by molar-refractivity contribution is 6.19. The molecule has 0 unspecified atom stereocenters. The number of nitrogens with one attached hydrogen (secondary N) is 2. The summed E-state index contributed by atoms with van der Waals surface area (Å²) in [6.45, 7) is 10.7. The van der Waals surface area contributed by atoms with Gasteiger partial charge in [0.2, 0.25) is 0 Å². The Hall–Kier alpha value is -2.44. The van der Waals surface area contributed by atoms with Gasteiger partial charge in [-0.25, -0.2) is 9.59 Å². The monoisotopic (exact) mass is 346 g/mol. The molecule has 0 aliphatic rings. The van der Waals surface area contributed by atoms with Gasteiger partial charge in [-0.05, 0) is 59.2 Å². The Balaban J connectivity index is 3.03. The lowest BCUT2D eigenvalue weighted by atomic mass is 10.1. The normalized spacial score (nSPS) is 11.9. The van der Waals surface area contributed by atoms with Crippen molar-refractivity contribution in [3.05, 3.63) is 29.7 Å². The van der Waals surface area contributed by atoms with E-state index in [4.69, 9.17) is 9.47 Å². The van der Waals surface area contributed by atoms with Crippen molar-refractivity contribution in [2.45, 2.75) is 52.7 Å². The fourth-order valence-electron chi connectivity index (χ4n) is 1.90. The van der Waals surface area contributed by atoms with Crippen molar-refractivity contribution >= 4 is 37.5 Å². The standard InChI is InChI=1S/C18H27BN2O4/c1-17(2,3)24-15(22)20-13-8-7-12(9-10-19)11-14(13)21-16(23)25-18(4,5)6/h7-11H,19H2,1-6H3,(H,20,22)(H,21,23)/b10-9+. The van der Waals surface area contributed by atoms with Gasteiger partial charge in [-0.15, -0.1) is 5.98 Å². The average Bonchev–Trinajstić information content (AvgIpc) is 2.37. The molecule has 1 rings (SSSR count). The quantitative estimate of drug-likeness (QED) is 0.812. The Morgan fingerprint density at radius 2 is 1.40 bits per heavy atom. The van der Waals surface area contributed by atoms with Crippen LogP contribution in [0.25, 0.3) is 6.08 Å². The lowest BCUT2D eigenvalue weighted by molar-refractivity contribution is 0.0621. The molecule has 7 heteroatoms. The Kier molecular flexibility index (Phi) is 6.67. The Bertz CT molecular complexity index is 658. The van der Waals surface area contributed by atoms with Gasteiger partial charge in [0.15, 0.2) is 0 Å². The largest absolute Gasteiger partial charge is 0.444 e. The summed E-state index contributed by atoms with van der Waals surface area (Å²) >= 11 is 0. The fourth-order valence-corrected chi connectivity index (χ4v) is 1.90. The lowest BCUT2D eigenvalue weighted by Gasteiger charge is -2.22. The third-order valence-corrected chi connectivity index (χ3v) is 2.67. The van der Waals surface area contributed by atoms with E-state index in [-0.39, 0.29) is 0 Å². The van der Waals surface area contributed by atoms with Gasteiger partial charge in [0.05, 0.1) is 11.4 Å². The zero-order valence-corrected chi connectivity index (χ0v) is 16.0. The highest BCUT2D eigenvalue weighted by Crippen LogP contribution is 2.25. The van der Waals surface area contributed by atoms with Crippen molar-refractivity contribution in [1.82, 2.24) is 0 Å². The number of benzene rings is 1. The average molecular weight is 346 g/mol. The summed E-state index contributed by atoms with van der Waals surface area (Å²) in [5.41, 5.74) is 0.490. The van der Waals surface area contributed by atoms with Crippen molar-refractivity contribution in [2.75, 3.05) is 10.6 Å². The van der Waals surface area contributed by atoms with Crippen LogP contribution in [0.4, 0.5) is 21.0 Å². The van der Waals surface area contributed by atoms with Crippen LogP contribution in [0.15, 0.2) is 24.2 Å². The molecule has 0 bridgehead atoms. The minimum atomic E-state index is -0.621. The predicted molar refractivity (Wildman–Crippen MR) is 104 cm³/mol. The van der Waals surface area contributed by atoms with E-state index >= 15 is 0 Å². The molecule has 25 heavy (non-hydrogen) atoms. The first kappa shape index (κ1) is 20.6. The number of anilines is 2. The van der Waals surface area contributed by atoms with E-state index in [2.05, 4.69) is 10.6 Å². The Labute approximate surface area is 150 Å². The van der Waals surface area contributed by atoms with Gasteiger partial charge in [-0.2, -0.15) is 0 Å². The summed E-state index contributed by atoms with van der Waals surface area (Å²) in [5, 5.41) is 5.32. The van der Waals surface area contributed by atoms with E-state index < -0.39 is 23.4 Å². The van der Waals surface area contributed by atoms with E-state index in [0.29, 0.717) is 11.4 Å². The molecule has 0 saturated heterocycles. The summed E-state index contributed by atoms with van der Waals surface area (Å²) < 4.78 is 10.5. The number of ether oxygens (including phenoxy) is 2. The highest BCUT2D eigenvalue weighted by Gasteiger charge is 2.20. The van der Waals surface area contributed by atoms with Gasteiger partial charge in [-0.1, -0.05) is 12.1 Å². The number of amides is 2. The molecule has 0 aromatic heterocycles. The van der Waals surface area contributed by atoms with Gasteiger partial charge in [-0.3, -0.25) is 10.6 Å². The summed E-state index contributed by atoms with van der Waals surface area (Å²) in [6.07, 6.45) is 0.688. The number of hydrogen-bond acceptors (Lipinski definition) is 4. The van der Waals surface area contributed by atoms with Gasteiger partial charge < -0.3 is 9.47 Å². The molecule has 1 aromatic carbocycles. The van der Waals surface area contributed by atoms with Gasteiger partial charge in [0.25, 0.3) is 0 Å². The number of hydrogen-bond donors (Lipinski definition) is 2. The molecule has 136 valence electrons. The summed E-state index contributed by atoms with van der Waals surface area (Å²) in [7, 11) is 1.90. The topological polar surface area (TPSA) is 76.7 Å². The summed E-state index contributed by atoms with van der Waals surface area (Å²) in [4.78, 5) is 24.1. The van der Waals surface area contributed by atoms with Crippen LogP contribution in [0.3, 0.4) is 0 Å². The van der Waals surface area contributed by atoms with Crippen molar-refractivity contribution in [1.29, 1.82) is 0 Å². The molecule has 0 radical (unpaired) electrons. The van der Waals surface area contributed by atoms with Crippen molar-refractivity contribution in [3.63, 3.8) is 0 Å². The minimum Gasteiger partial charge on any atom is -0.444 e. The van der Waals surface area contributed by atoms with Crippen LogP contribution in [-0.2, 0) is 9.47 Å². The molecule has 0 heterocycles. The van der Waals surface area contributed by atoms with Crippen LogP contribution in [0.1, 0.15) is 47.1 Å². The van der Waals surface area contributed by atoms with E-state index in [1.165, 1.54) is 0 Å². The van der Waals surface area contributed by atoms with Crippen LogP contribution < -0.4 is 10.6 Å². The first-order valence-corrected chi connectivity index (χ1v) is 8.16. The van der Waals surface area contributed by atoms with Crippen molar-refractivity contribution < 1.29 is 19.1 Å². The molecule has 0 fully saturated rings. The second-order valence-electron chi connectivity index (χ2n) is 7.56. The zero-order valence-electron chi connectivity index (χ0n) is 16.0. The number of carbonyl (C=O) groups is 2. The SMILES string of the molecule is B/C=C/c1ccc(NC(=O)OC(C)(C)C)c(NC(=O)OC(C)(C)C)c1. The predicted octanol–water partition coefficient (Wildman–Crippen LogP) is 3.98. The molecule has 2 amide bonds. The third-order valence-electron chi connectivity index (χ3n) is 2.67. The second-order valence-corrected chi connectivity index (χ2v) is 7.56. The first-order valence-electron chi connectivity index (χ1n) is 8.16. The van der Waals surface area contributed by atoms with E-state index in [1.54, 1.807) is 53.7 Å². The molecule has 0 atom stereocenters. The Morgan fingerprint density at radius 3 is 1.84 bits per heavy atom. The van der Waals surface area contributed by atoms with Gasteiger partial charge in [0, 0.05) is 0 Å². The maximum Gasteiger partial charge on any atom is 0.412 e. The molecule has 2 N–H and O–H groups in total. The Morgan fingerprint density at radius 1 is 0.920 bits per heavy atom. The molecule has 6 nitrogen and oxygen atoms in total. The molecule has 0 saturated carbocycles. The van der Waals surface area contributed by atoms with E-state index in [1.807, 2.05) is 26.0 Å². The fraction of sp³-hybridized carbons (Fsp3) is 0.444. The van der Waals surface area contributed by atoms with Gasteiger partial charge >= 0.3 is 12.2 Å². The number of rotatable bonds is 3. The van der Waals surface area contributed by atoms with Crippen LogP contribution in [0.2, 0.25) is 0 Å². The molecule has 0 aliphatic heterocycles. The maximum atomic E-state index is 12.1. The van der Waals surface area contributed by atoms with Crippen LogP contribution >= 0.6 is 0 Å². The third kappa shape index (κ3) is 8.29. The molecule has 1 aromatic rings. The van der Waals surface area contributed by atoms with Crippen LogP contribution in [-0.4, -0.2) is 31.2 Å². The molecular weight excluding hydrogens is 319 g/mol. The minimum absolute atomic E-state index is 0.424. The summed E-state index contributed by atoms with van der Waals surface area (Å²) in [6, 6.07) is 5.27. The second kappa shape index (κ2) is 8.10. The lowest BCUT2D eigenvalue weighted by Crippen LogP contribution is -2.29. The molecular formula is C18H27BN2O4. The highest BCUT2D eigenvalue weighted by atomic mass is 16.6. The molecule has 0 spiro atoms. The molecule has 0 aliphatic carbocycles. The van der Waals surface area contributed by atoms with E-state index in [0.717, 1.165) is 5.56 Å². The smallest absolute Gasteiger partial charge is 0.412 e. The van der Waals surface area contributed by atoms with Crippen molar-refractivity contribution in [3.8, 4) is 0 Å². The van der Waals surface area contributed by atoms with Crippen LogP contribution in [0, 0.1) is 0 Å². The summed E-state index contributed by atoms with van der Waals surface area (Å²) in [5.74, 6) is 1.88. The van der Waals surface area contributed by atoms with Crippen LogP contribution in [0.5, 0.6) is 0 Å².